The van der Waals surface area contributed by atoms with E-state index >= 15 is 0 Å². The van der Waals surface area contributed by atoms with Crippen LogP contribution < -0.4 is 5.46 Å². The minimum Gasteiger partial charge on any atom is -0.423 e. The fourth-order valence-electron chi connectivity index (χ4n) is 2.48. The zero-order valence-corrected chi connectivity index (χ0v) is 9.95. The van der Waals surface area contributed by atoms with E-state index in [1.54, 1.807) is 6.20 Å². The second kappa shape index (κ2) is 4.55. The van der Waals surface area contributed by atoms with Gasteiger partial charge in [-0.15, -0.1) is 0 Å². The van der Waals surface area contributed by atoms with E-state index in [-0.39, 0.29) is 0 Å². The molecular formula is C12H14BN3O2. The van der Waals surface area contributed by atoms with Gasteiger partial charge in [0.1, 0.15) is 5.69 Å². The van der Waals surface area contributed by atoms with Crippen molar-refractivity contribution in [2.45, 2.75) is 25.8 Å². The molecule has 18 heavy (non-hydrogen) atoms. The van der Waals surface area contributed by atoms with E-state index in [4.69, 9.17) is 0 Å². The van der Waals surface area contributed by atoms with Crippen LogP contribution in [0.2, 0.25) is 0 Å². The number of aryl methyl sites for hydroxylation is 1. The molecule has 1 aliphatic rings. The third-order valence-corrected chi connectivity index (χ3v) is 3.30. The van der Waals surface area contributed by atoms with Crippen LogP contribution in [0.4, 0.5) is 0 Å². The summed E-state index contributed by atoms with van der Waals surface area (Å²) < 4.78 is 1.88. The molecule has 0 fully saturated rings. The largest absolute Gasteiger partial charge is 0.492 e. The average Bonchev–Trinajstić information content (AvgIpc) is 2.79. The summed E-state index contributed by atoms with van der Waals surface area (Å²) in [6.07, 6.45) is 4.67. The van der Waals surface area contributed by atoms with Crippen LogP contribution in [-0.2, 0) is 13.0 Å². The Morgan fingerprint density at radius 2 is 2.11 bits per heavy atom. The molecule has 0 unspecified atom stereocenters. The minimum absolute atomic E-state index is 0.508. The first-order chi connectivity index (χ1) is 8.77. The minimum atomic E-state index is -1.50. The SMILES string of the molecule is OB(O)c1c(-c2ccccn2)nn2c1CCCC2. The van der Waals surface area contributed by atoms with Gasteiger partial charge in [-0.25, -0.2) is 0 Å². The zero-order chi connectivity index (χ0) is 12.5. The fourth-order valence-corrected chi connectivity index (χ4v) is 2.48. The van der Waals surface area contributed by atoms with Crippen molar-refractivity contribution in [1.82, 2.24) is 14.8 Å². The van der Waals surface area contributed by atoms with Gasteiger partial charge in [0, 0.05) is 23.9 Å². The predicted molar refractivity (Wildman–Crippen MR) is 68.2 cm³/mol. The lowest BCUT2D eigenvalue weighted by Gasteiger charge is -2.14. The first-order valence-electron chi connectivity index (χ1n) is 6.14. The van der Waals surface area contributed by atoms with Gasteiger partial charge in [-0.1, -0.05) is 6.07 Å². The number of nitrogens with zero attached hydrogens (tertiary/aromatic N) is 3. The molecule has 6 heteroatoms. The third-order valence-electron chi connectivity index (χ3n) is 3.30. The maximum Gasteiger partial charge on any atom is 0.492 e. The maximum absolute atomic E-state index is 9.59. The standard InChI is InChI=1S/C12H14BN3O2/c17-13(18)11-10-6-2-4-8-16(10)15-12(11)9-5-1-3-7-14-9/h1,3,5,7,17-18H,2,4,6,8H2. The van der Waals surface area contributed by atoms with Crippen LogP contribution in [0.15, 0.2) is 24.4 Å². The number of hydrogen-bond acceptors (Lipinski definition) is 4. The van der Waals surface area contributed by atoms with Gasteiger partial charge < -0.3 is 10.0 Å². The lowest BCUT2D eigenvalue weighted by atomic mass is 9.76. The van der Waals surface area contributed by atoms with Crippen LogP contribution in [0.25, 0.3) is 11.4 Å². The number of fused-ring (bicyclic) bond motifs is 1. The highest BCUT2D eigenvalue weighted by Gasteiger charge is 2.28. The Morgan fingerprint density at radius 3 is 2.83 bits per heavy atom. The lowest BCUT2D eigenvalue weighted by Crippen LogP contribution is -2.34. The molecule has 0 aliphatic carbocycles. The molecular weight excluding hydrogens is 229 g/mol. The summed E-state index contributed by atoms with van der Waals surface area (Å²) in [7, 11) is -1.50. The second-order valence-electron chi connectivity index (χ2n) is 4.48. The maximum atomic E-state index is 9.59. The molecule has 2 N–H and O–H groups in total. The summed E-state index contributed by atoms with van der Waals surface area (Å²) in [5, 5.41) is 23.6. The van der Waals surface area contributed by atoms with E-state index < -0.39 is 7.12 Å². The van der Waals surface area contributed by atoms with Gasteiger partial charge in [0.2, 0.25) is 0 Å². The summed E-state index contributed by atoms with van der Waals surface area (Å²) in [6, 6.07) is 5.53. The average molecular weight is 243 g/mol. The van der Waals surface area contributed by atoms with Crippen molar-refractivity contribution in [1.29, 1.82) is 0 Å². The molecule has 2 aromatic heterocycles. The van der Waals surface area contributed by atoms with Gasteiger partial charge in [0.05, 0.1) is 5.69 Å². The van der Waals surface area contributed by atoms with Gasteiger partial charge in [-0.05, 0) is 31.4 Å². The first-order valence-corrected chi connectivity index (χ1v) is 6.14. The summed E-state index contributed by atoms with van der Waals surface area (Å²) in [4.78, 5) is 4.24. The highest BCUT2D eigenvalue weighted by Crippen LogP contribution is 2.19. The molecule has 0 amide bonds. The first kappa shape index (κ1) is 11.4. The Labute approximate surface area is 105 Å². The van der Waals surface area contributed by atoms with E-state index in [0.29, 0.717) is 16.9 Å². The third kappa shape index (κ3) is 1.83. The van der Waals surface area contributed by atoms with Crippen molar-refractivity contribution < 1.29 is 10.0 Å². The number of pyridine rings is 1. The molecule has 92 valence electrons. The molecule has 3 rings (SSSR count). The number of rotatable bonds is 2. The lowest BCUT2D eigenvalue weighted by molar-refractivity contribution is 0.424. The van der Waals surface area contributed by atoms with Gasteiger partial charge in [-0.3, -0.25) is 9.67 Å². The molecule has 0 atom stereocenters. The van der Waals surface area contributed by atoms with Crippen molar-refractivity contribution in [2.75, 3.05) is 0 Å². The van der Waals surface area contributed by atoms with E-state index in [0.717, 1.165) is 31.5 Å². The Bertz CT molecular complexity index is 554. The molecule has 5 nitrogen and oxygen atoms in total. The summed E-state index contributed by atoms with van der Waals surface area (Å²) >= 11 is 0. The predicted octanol–water partition coefficient (Wildman–Crippen LogP) is -0.0388. The Morgan fingerprint density at radius 1 is 1.22 bits per heavy atom. The number of aromatic nitrogens is 3. The Kier molecular flexibility index (Phi) is 2.89. The van der Waals surface area contributed by atoms with E-state index in [2.05, 4.69) is 10.1 Å². The quantitative estimate of drug-likeness (QED) is 0.726. The molecule has 0 spiro atoms. The van der Waals surface area contributed by atoms with Gasteiger partial charge in [0.25, 0.3) is 0 Å². The van der Waals surface area contributed by atoms with Crippen molar-refractivity contribution in [3.8, 4) is 11.4 Å². The molecule has 2 aromatic rings. The van der Waals surface area contributed by atoms with E-state index in [1.165, 1.54) is 0 Å². The zero-order valence-electron chi connectivity index (χ0n) is 9.95. The van der Waals surface area contributed by atoms with Crippen LogP contribution in [-0.4, -0.2) is 31.9 Å². The van der Waals surface area contributed by atoms with Crippen molar-refractivity contribution in [3.05, 3.63) is 30.1 Å². The summed E-state index contributed by atoms with van der Waals surface area (Å²) in [5.74, 6) is 0. The molecule has 0 saturated carbocycles. The monoisotopic (exact) mass is 243 g/mol. The summed E-state index contributed by atoms with van der Waals surface area (Å²) in [5.41, 5.74) is 2.70. The van der Waals surface area contributed by atoms with Crippen LogP contribution >= 0.6 is 0 Å². The van der Waals surface area contributed by atoms with Crippen molar-refractivity contribution in [2.24, 2.45) is 0 Å². The van der Waals surface area contributed by atoms with Crippen molar-refractivity contribution >= 4 is 12.6 Å². The second-order valence-corrected chi connectivity index (χ2v) is 4.48. The number of hydrogen-bond donors (Lipinski definition) is 2. The smallest absolute Gasteiger partial charge is 0.423 e. The molecule has 0 aromatic carbocycles. The van der Waals surface area contributed by atoms with E-state index in [1.807, 2.05) is 22.9 Å². The van der Waals surface area contributed by atoms with Gasteiger partial charge in [-0.2, -0.15) is 5.10 Å². The van der Waals surface area contributed by atoms with E-state index in [9.17, 15) is 10.0 Å². The van der Waals surface area contributed by atoms with Gasteiger partial charge >= 0.3 is 7.12 Å². The van der Waals surface area contributed by atoms with Crippen LogP contribution in [0.3, 0.4) is 0 Å². The van der Waals surface area contributed by atoms with Crippen LogP contribution in [0.1, 0.15) is 18.5 Å². The molecule has 0 radical (unpaired) electrons. The van der Waals surface area contributed by atoms with Gasteiger partial charge in [0.15, 0.2) is 0 Å². The highest BCUT2D eigenvalue weighted by molar-refractivity contribution is 6.60. The normalized spacial score (nSPS) is 14.3. The van der Waals surface area contributed by atoms with Crippen LogP contribution in [0.5, 0.6) is 0 Å². The Balaban J connectivity index is 2.17. The Hall–Kier alpha value is -1.66. The molecule has 0 saturated heterocycles. The molecule has 3 heterocycles. The van der Waals surface area contributed by atoms with Crippen molar-refractivity contribution in [3.63, 3.8) is 0 Å². The topological polar surface area (TPSA) is 71.2 Å². The van der Waals surface area contributed by atoms with Crippen LogP contribution in [0, 0.1) is 0 Å². The fraction of sp³-hybridized carbons (Fsp3) is 0.333. The summed E-state index contributed by atoms with van der Waals surface area (Å²) in [6.45, 7) is 0.835. The highest BCUT2D eigenvalue weighted by atomic mass is 16.4. The molecule has 0 bridgehead atoms. The molecule has 1 aliphatic heterocycles.